The van der Waals surface area contributed by atoms with Crippen LogP contribution in [0.3, 0.4) is 0 Å². The number of nitrogens with one attached hydrogen (secondary N) is 3. The summed E-state index contributed by atoms with van der Waals surface area (Å²) in [5.41, 5.74) is 2.84. The molecule has 0 unspecified atom stereocenters. The zero-order valence-corrected chi connectivity index (χ0v) is 14.9. The number of benzene rings is 2. The van der Waals surface area contributed by atoms with Crippen LogP contribution in [-0.4, -0.2) is 22.0 Å². The van der Waals surface area contributed by atoms with Crippen LogP contribution in [0.5, 0.6) is 0 Å². The van der Waals surface area contributed by atoms with Crippen LogP contribution in [0, 0.1) is 5.92 Å². The third-order valence-electron chi connectivity index (χ3n) is 3.94. The number of hydrogen-bond acceptors (Lipinski definition) is 3. The van der Waals surface area contributed by atoms with E-state index in [2.05, 4.69) is 20.8 Å². The first-order chi connectivity index (χ1) is 12.5. The van der Waals surface area contributed by atoms with Gasteiger partial charge in [0.05, 0.1) is 5.52 Å². The molecule has 0 aliphatic carbocycles. The lowest BCUT2D eigenvalue weighted by atomic mass is 10.1. The number of carbonyl (C=O) groups is 2. The first kappa shape index (κ1) is 17.7. The summed E-state index contributed by atoms with van der Waals surface area (Å²) in [6.45, 7) is 4.36. The maximum Gasteiger partial charge on any atom is 0.272 e. The third-order valence-corrected chi connectivity index (χ3v) is 3.94. The van der Waals surface area contributed by atoms with E-state index in [0.717, 1.165) is 22.2 Å². The number of amides is 2. The number of rotatable bonds is 6. The molecule has 0 fully saturated rings. The Kier molecular flexibility index (Phi) is 5.31. The Morgan fingerprint density at radius 1 is 1.12 bits per heavy atom. The molecule has 6 heteroatoms. The average molecular weight is 350 g/mol. The monoisotopic (exact) mass is 350 g/mol. The molecule has 0 spiro atoms. The second kappa shape index (κ2) is 7.82. The standard InChI is InChI=1S/C20H22N4O2/c1-13(2)10-18(25)22-15-7-5-6-14(11-15)12-21-20(26)19-16-8-3-4-9-17(16)23-24-19/h3-9,11,13H,10,12H2,1-2H3,(H,21,26)(H,22,25)(H,23,24). The zero-order valence-electron chi connectivity index (χ0n) is 14.9. The molecule has 1 aromatic heterocycles. The lowest BCUT2D eigenvalue weighted by Gasteiger charge is -2.09. The van der Waals surface area contributed by atoms with E-state index in [9.17, 15) is 9.59 Å². The fourth-order valence-corrected chi connectivity index (χ4v) is 2.74. The lowest BCUT2D eigenvalue weighted by molar-refractivity contribution is -0.116. The maximum atomic E-state index is 12.4. The molecule has 2 amide bonds. The van der Waals surface area contributed by atoms with Crippen LogP contribution in [0.1, 0.15) is 36.3 Å². The topological polar surface area (TPSA) is 86.9 Å². The number of anilines is 1. The molecule has 0 radical (unpaired) electrons. The molecule has 3 N–H and O–H groups in total. The van der Waals surface area contributed by atoms with Gasteiger partial charge in [0.1, 0.15) is 0 Å². The number of H-pyrrole nitrogens is 1. The Bertz CT molecular complexity index is 930. The van der Waals surface area contributed by atoms with E-state index in [1.807, 2.05) is 62.4 Å². The summed E-state index contributed by atoms with van der Waals surface area (Å²) in [6.07, 6.45) is 0.479. The second-order valence-electron chi connectivity index (χ2n) is 6.65. The Morgan fingerprint density at radius 2 is 1.92 bits per heavy atom. The van der Waals surface area contributed by atoms with Gasteiger partial charge < -0.3 is 10.6 Å². The molecule has 0 aliphatic heterocycles. The van der Waals surface area contributed by atoms with Crippen molar-refractivity contribution in [2.45, 2.75) is 26.8 Å². The summed E-state index contributed by atoms with van der Waals surface area (Å²) in [4.78, 5) is 24.3. The third kappa shape index (κ3) is 4.27. The SMILES string of the molecule is CC(C)CC(=O)Nc1cccc(CNC(=O)c2n[nH]c3ccccc23)c1. The summed E-state index contributed by atoms with van der Waals surface area (Å²) < 4.78 is 0. The van der Waals surface area contributed by atoms with Crippen LogP contribution < -0.4 is 10.6 Å². The fourth-order valence-electron chi connectivity index (χ4n) is 2.74. The fraction of sp³-hybridized carbons (Fsp3) is 0.250. The van der Waals surface area contributed by atoms with Crippen LogP contribution in [0.15, 0.2) is 48.5 Å². The normalized spacial score (nSPS) is 10.9. The summed E-state index contributed by atoms with van der Waals surface area (Å²) in [5, 5.41) is 13.5. The van der Waals surface area contributed by atoms with Crippen LogP contribution in [0.4, 0.5) is 5.69 Å². The number of para-hydroxylation sites is 1. The van der Waals surface area contributed by atoms with Crippen LogP contribution >= 0.6 is 0 Å². The van der Waals surface area contributed by atoms with E-state index < -0.39 is 0 Å². The second-order valence-corrected chi connectivity index (χ2v) is 6.65. The molecule has 0 saturated carbocycles. The molecular formula is C20H22N4O2. The summed E-state index contributed by atoms with van der Waals surface area (Å²) in [5.74, 6) is 0.0574. The van der Waals surface area contributed by atoms with Gasteiger partial charge >= 0.3 is 0 Å². The van der Waals surface area contributed by atoms with E-state index in [1.54, 1.807) is 0 Å². The van der Waals surface area contributed by atoms with Crippen molar-refractivity contribution in [3.63, 3.8) is 0 Å². The predicted molar refractivity (Wildman–Crippen MR) is 102 cm³/mol. The van der Waals surface area contributed by atoms with Crippen LogP contribution in [0.25, 0.3) is 10.9 Å². The van der Waals surface area contributed by atoms with Crippen molar-refractivity contribution in [2.75, 3.05) is 5.32 Å². The number of fused-ring (bicyclic) bond motifs is 1. The van der Waals surface area contributed by atoms with Gasteiger partial charge in [-0.2, -0.15) is 5.10 Å². The van der Waals surface area contributed by atoms with Gasteiger partial charge in [0.25, 0.3) is 5.91 Å². The number of carbonyl (C=O) groups excluding carboxylic acids is 2. The van der Waals surface area contributed by atoms with Crippen molar-refractivity contribution in [3.8, 4) is 0 Å². The van der Waals surface area contributed by atoms with Crippen molar-refractivity contribution >= 4 is 28.4 Å². The predicted octanol–water partition coefficient (Wildman–Crippen LogP) is 3.48. The minimum atomic E-state index is -0.239. The van der Waals surface area contributed by atoms with E-state index in [-0.39, 0.29) is 11.8 Å². The number of nitrogens with zero attached hydrogens (tertiary/aromatic N) is 1. The Hall–Kier alpha value is -3.15. The highest BCUT2D eigenvalue weighted by molar-refractivity contribution is 6.04. The van der Waals surface area contributed by atoms with Gasteiger partial charge in [0, 0.05) is 24.0 Å². The number of aromatic nitrogens is 2. The van der Waals surface area contributed by atoms with Crippen molar-refractivity contribution in [1.82, 2.24) is 15.5 Å². The first-order valence-electron chi connectivity index (χ1n) is 8.63. The van der Waals surface area contributed by atoms with E-state index >= 15 is 0 Å². The number of aromatic amines is 1. The van der Waals surface area contributed by atoms with E-state index in [4.69, 9.17) is 0 Å². The van der Waals surface area contributed by atoms with E-state index in [0.29, 0.717) is 24.6 Å². The Balaban J connectivity index is 1.63. The molecule has 1 heterocycles. The van der Waals surface area contributed by atoms with Crippen molar-refractivity contribution in [2.24, 2.45) is 5.92 Å². The number of hydrogen-bond donors (Lipinski definition) is 3. The molecule has 134 valence electrons. The van der Waals surface area contributed by atoms with Crippen molar-refractivity contribution in [1.29, 1.82) is 0 Å². The van der Waals surface area contributed by atoms with Gasteiger partial charge in [-0.25, -0.2) is 0 Å². The molecule has 6 nitrogen and oxygen atoms in total. The molecule has 0 bridgehead atoms. The zero-order chi connectivity index (χ0) is 18.5. The molecule has 0 aliphatic rings. The van der Waals surface area contributed by atoms with Gasteiger partial charge in [-0.15, -0.1) is 0 Å². The summed E-state index contributed by atoms with van der Waals surface area (Å²) in [7, 11) is 0. The highest BCUT2D eigenvalue weighted by Gasteiger charge is 2.13. The van der Waals surface area contributed by atoms with Gasteiger partial charge in [-0.3, -0.25) is 14.7 Å². The molecule has 2 aromatic carbocycles. The summed E-state index contributed by atoms with van der Waals surface area (Å²) in [6, 6.07) is 15.0. The molecule has 3 aromatic rings. The maximum absolute atomic E-state index is 12.4. The minimum absolute atomic E-state index is 0.0100. The van der Waals surface area contributed by atoms with Crippen LogP contribution in [-0.2, 0) is 11.3 Å². The van der Waals surface area contributed by atoms with Crippen molar-refractivity contribution in [3.05, 3.63) is 59.8 Å². The largest absolute Gasteiger partial charge is 0.347 e. The van der Waals surface area contributed by atoms with Crippen LogP contribution in [0.2, 0.25) is 0 Å². The first-order valence-corrected chi connectivity index (χ1v) is 8.63. The quantitative estimate of drug-likeness (QED) is 0.636. The van der Waals surface area contributed by atoms with E-state index in [1.165, 1.54) is 0 Å². The minimum Gasteiger partial charge on any atom is -0.347 e. The van der Waals surface area contributed by atoms with Crippen molar-refractivity contribution < 1.29 is 9.59 Å². The Morgan fingerprint density at radius 3 is 2.73 bits per heavy atom. The molecule has 0 atom stereocenters. The molecule has 0 saturated heterocycles. The smallest absolute Gasteiger partial charge is 0.272 e. The summed E-state index contributed by atoms with van der Waals surface area (Å²) >= 11 is 0. The Labute approximate surface area is 152 Å². The van der Waals surface area contributed by atoms with Gasteiger partial charge in [0.15, 0.2) is 5.69 Å². The molecular weight excluding hydrogens is 328 g/mol. The average Bonchev–Trinajstić information content (AvgIpc) is 3.03. The molecule has 26 heavy (non-hydrogen) atoms. The van der Waals surface area contributed by atoms with Gasteiger partial charge in [-0.1, -0.05) is 44.2 Å². The highest BCUT2D eigenvalue weighted by Crippen LogP contribution is 2.16. The lowest BCUT2D eigenvalue weighted by Crippen LogP contribution is -2.23. The van der Waals surface area contributed by atoms with Gasteiger partial charge in [0.2, 0.25) is 5.91 Å². The highest BCUT2D eigenvalue weighted by atomic mass is 16.2. The molecule has 3 rings (SSSR count). The van der Waals surface area contributed by atoms with Gasteiger partial charge in [-0.05, 0) is 29.7 Å².